The van der Waals surface area contributed by atoms with Crippen LogP contribution in [0.25, 0.3) is 0 Å². The number of hydrogen-bond donors (Lipinski definition) is 1. The number of hydrazone groups is 1. The molecule has 0 saturated heterocycles. The molecule has 0 bridgehead atoms. The fraction of sp³-hybridized carbons (Fsp3) is 0.300. The average molecular weight is 366 g/mol. The maximum absolute atomic E-state index is 13.1. The second-order valence-electron chi connectivity index (χ2n) is 6.34. The van der Waals surface area contributed by atoms with E-state index in [1.807, 2.05) is 44.2 Å². The van der Waals surface area contributed by atoms with Gasteiger partial charge >= 0.3 is 5.97 Å². The van der Waals surface area contributed by atoms with Gasteiger partial charge in [-0.3, -0.25) is 14.8 Å². The molecule has 1 aromatic heterocycles. The number of carbonyl (C=O) groups excluding carboxylic acids is 1. The summed E-state index contributed by atoms with van der Waals surface area (Å²) < 4.78 is 0. The molecule has 140 valence electrons. The predicted molar refractivity (Wildman–Crippen MR) is 102 cm³/mol. The van der Waals surface area contributed by atoms with E-state index in [0.717, 1.165) is 5.56 Å². The van der Waals surface area contributed by atoms with Crippen molar-refractivity contribution in [3.8, 4) is 0 Å². The summed E-state index contributed by atoms with van der Waals surface area (Å²) in [5.74, 6) is -1.26. The van der Waals surface area contributed by atoms with Crippen LogP contribution in [0.1, 0.15) is 31.9 Å². The Morgan fingerprint density at radius 1 is 1.26 bits per heavy atom. The van der Waals surface area contributed by atoms with E-state index in [1.165, 1.54) is 5.01 Å². The van der Waals surface area contributed by atoms with Crippen LogP contribution in [0.5, 0.6) is 0 Å². The van der Waals surface area contributed by atoms with Gasteiger partial charge in [0.15, 0.2) is 6.04 Å². The molecule has 2 aromatic rings. The summed E-state index contributed by atoms with van der Waals surface area (Å²) >= 11 is 0. The molecule has 2 atom stereocenters. The van der Waals surface area contributed by atoms with Gasteiger partial charge in [0.25, 0.3) is 5.91 Å². The molecule has 1 aliphatic heterocycles. The van der Waals surface area contributed by atoms with Gasteiger partial charge in [-0.05, 0) is 37.6 Å². The lowest BCUT2D eigenvalue weighted by Crippen LogP contribution is -2.39. The Labute approximate surface area is 157 Å². The van der Waals surface area contributed by atoms with Gasteiger partial charge in [-0.2, -0.15) is 5.10 Å². The molecule has 27 heavy (non-hydrogen) atoms. The van der Waals surface area contributed by atoms with Crippen molar-refractivity contribution in [3.05, 3.63) is 60.4 Å². The minimum Gasteiger partial charge on any atom is -0.480 e. The number of carbonyl (C=O) groups is 2. The molecule has 7 nitrogen and oxygen atoms in total. The third kappa shape index (κ3) is 3.81. The minimum atomic E-state index is -1.01. The average Bonchev–Trinajstić information content (AvgIpc) is 3.15. The number of hydrogen-bond acceptors (Lipinski definition) is 5. The van der Waals surface area contributed by atoms with Gasteiger partial charge in [-0.25, -0.2) is 4.79 Å². The summed E-state index contributed by atoms with van der Waals surface area (Å²) in [5.41, 5.74) is 1.82. The number of aliphatic carboxylic acids is 1. The first-order valence-corrected chi connectivity index (χ1v) is 8.88. The zero-order valence-corrected chi connectivity index (χ0v) is 15.3. The van der Waals surface area contributed by atoms with E-state index in [1.54, 1.807) is 29.4 Å². The highest BCUT2D eigenvalue weighted by molar-refractivity contribution is 6.40. The summed E-state index contributed by atoms with van der Waals surface area (Å²) in [5, 5.41) is 15.4. The molecular formula is C20H22N4O3. The van der Waals surface area contributed by atoms with Gasteiger partial charge in [0.2, 0.25) is 0 Å². The lowest BCUT2D eigenvalue weighted by molar-refractivity contribution is -0.138. The molecular weight excluding hydrogens is 344 g/mol. The van der Waals surface area contributed by atoms with E-state index in [-0.39, 0.29) is 24.1 Å². The zero-order valence-electron chi connectivity index (χ0n) is 15.3. The molecule has 2 unspecified atom stereocenters. The molecule has 0 spiro atoms. The van der Waals surface area contributed by atoms with Crippen molar-refractivity contribution in [2.75, 3.05) is 11.6 Å². The summed E-state index contributed by atoms with van der Waals surface area (Å²) in [7, 11) is 0. The molecule has 0 saturated carbocycles. The van der Waals surface area contributed by atoms with Crippen molar-refractivity contribution in [1.82, 2.24) is 9.88 Å². The van der Waals surface area contributed by atoms with E-state index in [9.17, 15) is 14.7 Å². The molecule has 7 heteroatoms. The van der Waals surface area contributed by atoms with E-state index in [2.05, 4.69) is 10.1 Å². The summed E-state index contributed by atoms with van der Waals surface area (Å²) in [6.45, 7) is 4.30. The van der Waals surface area contributed by atoms with Crippen molar-refractivity contribution in [2.45, 2.75) is 32.4 Å². The molecule has 3 rings (SSSR count). The van der Waals surface area contributed by atoms with Crippen molar-refractivity contribution >= 4 is 23.3 Å². The molecule has 0 fully saturated rings. The number of aromatic nitrogens is 1. The predicted octanol–water partition coefficient (Wildman–Crippen LogP) is 2.71. The van der Waals surface area contributed by atoms with Gasteiger partial charge < -0.3 is 10.0 Å². The topological polar surface area (TPSA) is 86.1 Å². The smallest absolute Gasteiger partial charge is 0.328 e. The van der Waals surface area contributed by atoms with Crippen molar-refractivity contribution in [3.63, 3.8) is 0 Å². The Hall–Kier alpha value is -3.22. The van der Waals surface area contributed by atoms with Crippen LogP contribution in [0.15, 0.2) is 60.0 Å². The molecule has 1 aromatic carbocycles. The normalized spacial score (nSPS) is 17.3. The van der Waals surface area contributed by atoms with E-state index < -0.39 is 12.0 Å². The summed E-state index contributed by atoms with van der Waals surface area (Å²) in [6, 6.07) is 11.7. The van der Waals surface area contributed by atoms with E-state index in [4.69, 9.17) is 0 Å². The maximum Gasteiger partial charge on any atom is 0.328 e. The van der Waals surface area contributed by atoms with Crippen LogP contribution in [0.3, 0.4) is 0 Å². The minimum absolute atomic E-state index is 0.0688. The highest BCUT2D eigenvalue weighted by atomic mass is 16.4. The van der Waals surface area contributed by atoms with Crippen LogP contribution >= 0.6 is 0 Å². The number of para-hydroxylation sites is 1. The number of rotatable bonds is 6. The van der Waals surface area contributed by atoms with E-state index in [0.29, 0.717) is 12.2 Å². The number of anilines is 1. The fourth-order valence-corrected chi connectivity index (χ4v) is 3.21. The van der Waals surface area contributed by atoms with Crippen LogP contribution in [0.2, 0.25) is 0 Å². The Morgan fingerprint density at radius 3 is 2.59 bits per heavy atom. The second-order valence-corrected chi connectivity index (χ2v) is 6.34. The molecule has 0 aliphatic carbocycles. The first-order valence-electron chi connectivity index (χ1n) is 8.88. The van der Waals surface area contributed by atoms with Gasteiger partial charge in [0, 0.05) is 25.4 Å². The Balaban J connectivity index is 1.87. The quantitative estimate of drug-likeness (QED) is 0.849. The number of amides is 1. The monoisotopic (exact) mass is 366 g/mol. The van der Waals surface area contributed by atoms with Crippen LogP contribution in [0.4, 0.5) is 5.69 Å². The first kappa shape index (κ1) is 18.6. The van der Waals surface area contributed by atoms with Crippen molar-refractivity contribution < 1.29 is 14.7 Å². The van der Waals surface area contributed by atoms with Crippen molar-refractivity contribution in [1.29, 1.82) is 0 Å². The molecule has 2 heterocycles. The lowest BCUT2D eigenvalue weighted by Gasteiger charge is -2.28. The third-order valence-electron chi connectivity index (χ3n) is 4.70. The third-order valence-corrected chi connectivity index (χ3v) is 4.70. The number of pyridine rings is 1. The highest BCUT2D eigenvalue weighted by Gasteiger charge is 2.38. The number of nitrogens with zero attached hydrogens (tertiary/aromatic N) is 4. The Morgan fingerprint density at radius 2 is 2.00 bits per heavy atom. The standard InChI is InChI=1S/C20H22N4O3/c1-3-23(14(2)15-8-7-11-21-13-15)19(25)17-12-18(20(26)27)24(22-17)16-9-5-4-6-10-16/h4-11,13-14,18H,3,12H2,1-2H3,(H,26,27). The Kier molecular flexibility index (Phi) is 5.49. The molecule has 1 N–H and O–H groups in total. The lowest BCUT2D eigenvalue weighted by atomic mass is 10.1. The summed E-state index contributed by atoms with van der Waals surface area (Å²) in [6.07, 6.45) is 3.48. The SMILES string of the molecule is CCN(C(=O)C1=NN(c2ccccc2)C(C(=O)O)C1)C(C)c1cccnc1. The molecule has 0 radical (unpaired) electrons. The van der Waals surface area contributed by atoms with Crippen LogP contribution < -0.4 is 5.01 Å². The number of benzene rings is 1. The molecule has 1 aliphatic rings. The first-order chi connectivity index (χ1) is 13.0. The maximum atomic E-state index is 13.1. The fourth-order valence-electron chi connectivity index (χ4n) is 3.21. The highest BCUT2D eigenvalue weighted by Crippen LogP contribution is 2.27. The number of carboxylic acid groups (broad SMARTS) is 1. The Bertz CT molecular complexity index is 839. The van der Waals surface area contributed by atoms with Crippen LogP contribution in [0, 0.1) is 0 Å². The largest absolute Gasteiger partial charge is 0.480 e. The zero-order chi connectivity index (χ0) is 19.4. The summed E-state index contributed by atoms with van der Waals surface area (Å²) in [4.78, 5) is 30.6. The van der Waals surface area contributed by atoms with Gasteiger partial charge in [0.1, 0.15) is 5.71 Å². The molecule has 1 amide bonds. The van der Waals surface area contributed by atoms with E-state index >= 15 is 0 Å². The number of carboxylic acids is 1. The van der Waals surface area contributed by atoms with Gasteiger partial charge in [-0.15, -0.1) is 0 Å². The van der Waals surface area contributed by atoms with Gasteiger partial charge in [-0.1, -0.05) is 24.3 Å². The van der Waals surface area contributed by atoms with Crippen molar-refractivity contribution in [2.24, 2.45) is 5.10 Å². The van der Waals surface area contributed by atoms with Crippen LogP contribution in [-0.4, -0.2) is 45.2 Å². The van der Waals surface area contributed by atoms with Gasteiger partial charge in [0.05, 0.1) is 11.7 Å². The second kappa shape index (κ2) is 7.99. The van der Waals surface area contributed by atoms with Crippen LogP contribution in [-0.2, 0) is 9.59 Å².